The molecule has 0 aliphatic rings. The molecule has 0 aromatic heterocycles. The Kier molecular flexibility index (Phi) is 7.23. The number of amides is 1. The minimum Gasteiger partial charge on any atom is -0.354 e. The van der Waals surface area contributed by atoms with Crippen molar-refractivity contribution in [1.82, 2.24) is 10.6 Å². The summed E-state index contributed by atoms with van der Waals surface area (Å²) in [7, 11) is 0. The minimum absolute atomic E-state index is 0.0739. The third-order valence-electron chi connectivity index (χ3n) is 3.30. The Hall–Kier alpha value is -1.42. The van der Waals surface area contributed by atoms with Crippen molar-refractivity contribution in [2.24, 2.45) is 0 Å². The van der Waals surface area contributed by atoms with Gasteiger partial charge in [-0.1, -0.05) is 19.1 Å². The smallest absolute Gasteiger partial charge is 0.221 e. The summed E-state index contributed by atoms with van der Waals surface area (Å²) in [5.74, 6) is -0.132. The Labute approximate surface area is 121 Å². The van der Waals surface area contributed by atoms with Gasteiger partial charge in [-0.15, -0.1) is 0 Å². The lowest BCUT2D eigenvalue weighted by atomic mass is 10.1. The van der Waals surface area contributed by atoms with Gasteiger partial charge in [-0.05, 0) is 44.4 Å². The number of halogens is 1. The number of hydrogen-bond donors (Lipinski definition) is 2. The van der Waals surface area contributed by atoms with Crippen LogP contribution in [0, 0.1) is 5.82 Å². The summed E-state index contributed by atoms with van der Waals surface area (Å²) in [6, 6.07) is 7.07. The van der Waals surface area contributed by atoms with E-state index in [4.69, 9.17) is 0 Å². The van der Waals surface area contributed by atoms with E-state index in [0.29, 0.717) is 13.0 Å². The van der Waals surface area contributed by atoms with Crippen molar-refractivity contribution in [1.29, 1.82) is 0 Å². The monoisotopic (exact) mass is 280 g/mol. The van der Waals surface area contributed by atoms with Gasteiger partial charge < -0.3 is 10.6 Å². The van der Waals surface area contributed by atoms with Crippen molar-refractivity contribution in [2.75, 3.05) is 6.54 Å². The molecule has 2 N–H and O–H groups in total. The quantitative estimate of drug-likeness (QED) is 0.768. The summed E-state index contributed by atoms with van der Waals surface area (Å²) in [5.41, 5.74) is 0.967. The standard InChI is InChI=1S/C16H25FN2O/c1-4-12(2)19-16(20)8-9-18-13(3)10-14-6-5-7-15(17)11-14/h5-7,11-13,18H,4,8-10H2,1-3H3,(H,19,20). The third-order valence-corrected chi connectivity index (χ3v) is 3.30. The van der Waals surface area contributed by atoms with Gasteiger partial charge in [0.15, 0.2) is 0 Å². The average molecular weight is 280 g/mol. The van der Waals surface area contributed by atoms with Gasteiger partial charge in [0.25, 0.3) is 0 Å². The van der Waals surface area contributed by atoms with Gasteiger partial charge in [0.2, 0.25) is 5.91 Å². The molecule has 0 heterocycles. The van der Waals surface area contributed by atoms with E-state index >= 15 is 0 Å². The van der Waals surface area contributed by atoms with Gasteiger partial charge in [-0.2, -0.15) is 0 Å². The van der Waals surface area contributed by atoms with Crippen molar-refractivity contribution in [3.63, 3.8) is 0 Å². The Balaban J connectivity index is 2.23. The minimum atomic E-state index is -0.206. The summed E-state index contributed by atoms with van der Waals surface area (Å²) in [4.78, 5) is 11.6. The molecule has 0 radical (unpaired) electrons. The Morgan fingerprint density at radius 3 is 2.70 bits per heavy atom. The maximum atomic E-state index is 13.1. The highest BCUT2D eigenvalue weighted by Crippen LogP contribution is 2.06. The van der Waals surface area contributed by atoms with Gasteiger partial charge in [0.05, 0.1) is 0 Å². The van der Waals surface area contributed by atoms with Gasteiger partial charge in [-0.25, -0.2) is 4.39 Å². The Bertz CT molecular complexity index is 423. The largest absolute Gasteiger partial charge is 0.354 e. The first-order valence-electron chi connectivity index (χ1n) is 7.28. The molecule has 3 nitrogen and oxygen atoms in total. The molecular formula is C16H25FN2O. The second-order valence-electron chi connectivity index (χ2n) is 5.32. The maximum absolute atomic E-state index is 13.1. The molecule has 1 amide bonds. The van der Waals surface area contributed by atoms with Crippen LogP contribution in [-0.4, -0.2) is 24.5 Å². The molecule has 20 heavy (non-hydrogen) atoms. The van der Waals surface area contributed by atoms with Crippen LogP contribution in [0.5, 0.6) is 0 Å². The van der Waals surface area contributed by atoms with Crippen molar-refractivity contribution in [3.8, 4) is 0 Å². The van der Waals surface area contributed by atoms with Crippen molar-refractivity contribution >= 4 is 5.91 Å². The first-order valence-corrected chi connectivity index (χ1v) is 7.28. The zero-order chi connectivity index (χ0) is 15.0. The molecule has 0 aliphatic carbocycles. The zero-order valence-electron chi connectivity index (χ0n) is 12.6. The normalized spacial score (nSPS) is 13.8. The van der Waals surface area contributed by atoms with Crippen LogP contribution in [0.3, 0.4) is 0 Å². The van der Waals surface area contributed by atoms with Gasteiger partial charge in [0, 0.05) is 25.0 Å². The highest BCUT2D eigenvalue weighted by Gasteiger charge is 2.07. The van der Waals surface area contributed by atoms with E-state index < -0.39 is 0 Å². The second kappa shape index (κ2) is 8.69. The molecule has 1 aromatic carbocycles. The van der Waals surface area contributed by atoms with Crippen LogP contribution < -0.4 is 10.6 Å². The molecule has 2 atom stereocenters. The zero-order valence-corrected chi connectivity index (χ0v) is 12.6. The molecule has 0 saturated carbocycles. The molecule has 0 spiro atoms. The fourth-order valence-corrected chi connectivity index (χ4v) is 1.97. The van der Waals surface area contributed by atoms with E-state index in [0.717, 1.165) is 18.4 Å². The predicted octanol–water partition coefficient (Wildman–Crippen LogP) is 2.65. The van der Waals surface area contributed by atoms with Crippen LogP contribution >= 0.6 is 0 Å². The lowest BCUT2D eigenvalue weighted by Crippen LogP contribution is -2.36. The number of nitrogens with one attached hydrogen (secondary N) is 2. The summed E-state index contributed by atoms with van der Waals surface area (Å²) in [6.45, 7) is 6.72. The summed E-state index contributed by atoms with van der Waals surface area (Å²) in [6.07, 6.45) is 2.16. The topological polar surface area (TPSA) is 41.1 Å². The molecular weight excluding hydrogens is 255 g/mol. The number of benzene rings is 1. The van der Waals surface area contributed by atoms with Crippen LogP contribution in [0.25, 0.3) is 0 Å². The average Bonchev–Trinajstić information content (AvgIpc) is 2.38. The van der Waals surface area contributed by atoms with Crippen LogP contribution in [0.2, 0.25) is 0 Å². The molecule has 4 heteroatoms. The second-order valence-corrected chi connectivity index (χ2v) is 5.32. The van der Waals surface area contributed by atoms with Gasteiger partial charge in [0.1, 0.15) is 5.82 Å². The Morgan fingerprint density at radius 2 is 2.05 bits per heavy atom. The van der Waals surface area contributed by atoms with Crippen LogP contribution in [0.15, 0.2) is 24.3 Å². The van der Waals surface area contributed by atoms with Crippen molar-refractivity contribution in [2.45, 2.75) is 52.1 Å². The summed E-state index contributed by atoms with van der Waals surface area (Å²) < 4.78 is 13.1. The number of rotatable bonds is 8. The molecule has 2 unspecified atom stereocenters. The van der Waals surface area contributed by atoms with Crippen molar-refractivity contribution < 1.29 is 9.18 Å². The SMILES string of the molecule is CCC(C)NC(=O)CCNC(C)Cc1cccc(F)c1. The maximum Gasteiger partial charge on any atom is 0.221 e. The molecule has 0 saturated heterocycles. The Morgan fingerprint density at radius 1 is 1.30 bits per heavy atom. The highest BCUT2D eigenvalue weighted by atomic mass is 19.1. The molecule has 0 fully saturated rings. The molecule has 112 valence electrons. The van der Waals surface area contributed by atoms with Gasteiger partial charge >= 0.3 is 0 Å². The first-order chi connectivity index (χ1) is 9.51. The number of carbonyl (C=O) groups excluding carboxylic acids is 1. The van der Waals surface area contributed by atoms with E-state index in [1.807, 2.05) is 26.8 Å². The number of hydrogen-bond acceptors (Lipinski definition) is 2. The molecule has 1 aromatic rings. The number of carbonyl (C=O) groups is 1. The predicted molar refractivity (Wildman–Crippen MR) is 80.1 cm³/mol. The lowest BCUT2D eigenvalue weighted by Gasteiger charge is -2.15. The van der Waals surface area contributed by atoms with Crippen LogP contribution in [0.1, 0.15) is 39.2 Å². The van der Waals surface area contributed by atoms with E-state index in [1.54, 1.807) is 12.1 Å². The lowest BCUT2D eigenvalue weighted by molar-refractivity contribution is -0.121. The highest BCUT2D eigenvalue weighted by molar-refractivity contribution is 5.76. The molecule has 0 bridgehead atoms. The van der Waals surface area contributed by atoms with E-state index in [1.165, 1.54) is 6.07 Å². The first kappa shape index (κ1) is 16.6. The molecule has 1 rings (SSSR count). The third kappa shape index (κ3) is 6.66. The van der Waals surface area contributed by atoms with E-state index in [-0.39, 0.29) is 23.8 Å². The summed E-state index contributed by atoms with van der Waals surface area (Å²) in [5, 5.41) is 6.22. The van der Waals surface area contributed by atoms with Crippen molar-refractivity contribution in [3.05, 3.63) is 35.6 Å². The van der Waals surface area contributed by atoms with E-state index in [9.17, 15) is 9.18 Å². The molecule has 0 aliphatic heterocycles. The van der Waals surface area contributed by atoms with Crippen LogP contribution in [0.4, 0.5) is 4.39 Å². The van der Waals surface area contributed by atoms with E-state index in [2.05, 4.69) is 10.6 Å². The van der Waals surface area contributed by atoms with Gasteiger partial charge in [-0.3, -0.25) is 4.79 Å². The van der Waals surface area contributed by atoms with Crippen LogP contribution in [-0.2, 0) is 11.2 Å². The summed E-state index contributed by atoms with van der Waals surface area (Å²) >= 11 is 0. The fraction of sp³-hybridized carbons (Fsp3) is 0.562. The fourth-order valence-electron chi connectivity index (χ4n) is 1.97.